The predicted octanol–water partition coefficient (Wildman–Crippen LogP) is -0.521. The van der Waals surface area contributed by atoms with E-state index in [9.17, 15) is 9.81 Å². The summed E-state index contributed by atoms with van der Waals surface area (Å²) in [5.41, 5.74) is 0. The Labute approximate surface area is 56.7 Å². The van der Waals surface area contributed by atoms with E-state index in [-0.39, 0.29) is 13.1 Å². The summed E-state index contributed by atoms with van der Waals surface area (Å²) < 4.78 is 0. The summed E-state index contributed by atoms with van der Waals surface area (Å²) >= 11 is 0. The molecular weight excluding hydrogens is 138 g/mol. The minimum absolute atomic E-state index is 0.111. The van der Waals surface area contributed by atoms with Gasteiger partial charge in [0.2, 0.25) is 0 Å². The molecule has 1 N–H and O–H groups in total. The number of nitrogens with zero attached hydrogens (tertiary/aromatic N) is 3. The maximum Gasteiger partial charge on any atom is 0.139 e. The monoisotopic (exact) mass is 145 g/mol. The van der Waals surface area contributed by atoms with Crippen molar-refractivity contribution in [3.63, 3.8) is 0 Å². The van der Waals surface area contributed by atoms with E-state index in [0.717, 1.165) is 5.01 Å². The van der Waals surface area contributed by atoms with Crippen molar-refractivity contribution >= 4 is 0 Å². The van der Waals surface area contributed by atoms with Crippen molar-refractivity contribution < 1.29 is 5.11 Å². The minimum atomic E-state index is -0.838. The second-order valence-electron chi connectivity index (χ2n) is 2.19. The standard InChI is InChI=1S/C4H7N3O3/c8-4-2-7(6-10)1-3(4)5-9/h3-4,8H,1-2H2. The molecule has 1 heterocycles. The second kappa shape index (κ2) is 2.70. The van der Waals surface area contributed by atoms with E-state index < -0.39 is 12.1 Å². The molecule has 0 saturated carbocycles. The zero-order valence-electron chi connectivity index (χ0n) is 5.17. The van der Waals surface area contributed by atoms with E-state index in [4.69, 9.17) is 5.11 Å². The predicted molar refractivity (Wildman–Crippen MR) is 33.0 cm³/mol. The lowest BCUT2D eigenvalue weighted by Crippen LogP contribution is -2.20. The highest BCUT2D eigenvalue weighted by Gasteiger charge is 2.32. The van der Waals surface area contributed by atoms with Gasteiger partial charge in [0, 0.05) is 0 Å². The first kappa shape index (κ1) is 7.07. The fourth-order valence-corrected chi connectivity index (χ4v) is 0.920. The second-order valence-corrected chi connectivity index (χ2v) is 2.19. The summed E-state index contributed by atoms with van der Waals surface area (Å²) in [7, 11) is 0. The lowest BCUT2D eigenvalue weighted by molar-refractivity contribution is 0.166. The third kappa shape index (κ3) is 1.10. The van der Waals surface area contributed by atoms with Gasteiger partial charge in [0.05, 0.1) is 18.4 Å². The van der Waals surface area contributed by atoms with Crippen molar-refractivity contribution in [1.29, 1.82) is 0 Å². The smallest absolute Gasteiger partial charge is 0.139 e. The third-order valence-electron chi connectivity index (χ3n) is 1.49. The van der Waals surface area contributed by atoms with Gasteiger partial charge in [0.1, 0.15) is 12.1 Å². The van der Waals surface area contributed by atoms with E-state index >= 15 is 0 Å². The Balaban J connectivity index is 2.51. The molecular formula is C4H7N3O3. The molecule has 1 rings (SSSR count). The van der Waals surface area contributed by atoms with Gasteiger partial charge in [-0.25, -0.2) is 0 Å². The zero-order valence-corrected chi connectivity index (χ0v) is 5.17. The maximum atomic E-state index is 9.90. The fourth-order valence-electron chi connectivity index (χ4n) is 0.920. The Morgan fingerprint density at radius 1 is 1.40 bits per heavy atom. The van der Waals surface area contributed by atoms with Crippen molar-refractivity contribution in [3.05, 3.63) is 9.81 Å². The van der Waals surface area contributed by atoms with Gasteiger partial charge in [0.25, 0.3) is 0 Å². The lowest BCUT2D eigenvalue weighted by Gasteiger charge is -2.01. The van der Waals surface area contributed by atoms with Crippen LogP contribution in [-0.4, -0.2) is 35.4 Å². The number of hydrogen-bond acceptors (Lipinski definition) is 5. The van der Waals surface area contributed by atoms with Crippen LogP contribution >= 0.6 is 0 Å². The number of β-amino-alcohol motifs (C(OH)–C–C–N with tert-alkyl or cyclic N) is 1. The summed E-state index contributed by atoms with van der Waals surface area (Å²) in [6.45, 7) is 0.244. The minimum Gasteiger partial charge on any atom is -0.389 e. The number of nitroso groups, excluding NO2 is 2. The van der Waals surface area contributed by atoms with Crippen LogP contribution in [0.1, 0.15) is 0 Å². The molecule has 0 aliphatic carbocycles. The average Bonchev–Trinajstić information content (AvgIpc) is 2.30. The van der Waals surface area contributed by atoms with Crippen LogP contribution in [0, 0.1) is 9.81 Å². The Morgan fingerprint density at radius 3 is 2.40 bits per heavy atom. The average molecular weight is 145 g/mol. The van der Waals surface area contributed by atoms with Gasteiger partial charge in [-0.05, 0) is 0 Å². The molecule has 1 fully saturated rings. The van der Waals surface area contributed by atoms with Gasteiger partial charge in [-0.3, -0.25) is 5.01 Å². The SMILES string of the molecule is O=NC1CN(N=O)CC1O. The van der Waals surface area contributed by atoms with E-state index in [1.54, 1.807) is 0 Å². The van der Waals surface area contributed by atoms with Crippen LogP contribution in [0.4, 0.5) is 0 Å². The van der Waals surface area contributed by atoms with E-state index in [1.165, 1.54) is 0 Å². The molecule has 1 saturated heterocycles. The third-order valence-corrected chi connectivity index (χ3v) is 1.49. The molecule has 2 atom stereocenters. The van der Waals surface area contributed by atoms with Crippen molar-refractivity contribution in [2.45, 2.75) is 12.1 Å². The fraction of sp³-hybridized carbons (Fsp3) is 1.00. The molecule has 0 radical (unpaired) electrons. The highest BCUT2D eigenvalue weighted by Crippen LogP contribution is 2.12. The number of aliphatic hydroxyl groups excluding tert-OH is 1. The van der Waals surface area contributed by atoms with Crippen molar-refractivity contribution in [2.75, 3.05) is 13.1 Å². The molecule has 1 aliphatic heterocycles. The summed E-state index contributed by atoms with van der Waals surface area (Å²) in [5.74, 6) is 0. The molecule has 0 aromatic carbocycles. The van der Waals surface area contributed by atoms with Crippen molar-refractivity contribution in [2.24, 2.45) is 10.5 Å². The first-order chi connectivity index (χ1) is 4.77. The Morgan fingerprint density at radius 2 is 2.10 bits per heavy atom. The van der Waals surface area contributed by atoms with Gasteiger partial charge in [-0.1, -0.05) is 5.18 Å². The van der Waals surface area contributed by atoms with Gasteiger partial charge in [-0.2, -0.15) is 4.91 Å². The van der Waals surface area contributed by atoms with Crippen LogP contribution in [-0.2, 0) is 0 Å². The Hall–Kier alpha value is -1.04. The van der Waals surface area contributed by atoms with Crippen molar-refractivity contribution in [1.82, 2.24) is 5.01 Å². The maximum absolute atomic E-state index is 9.90. The van der Waals surface area contributed by atoms with Crippen LogP contribution in [0.15, 0.2) is 10.5 Å². The molecule has 0 aromatic rings. The molecule has 56 valence electrons. The molecule has 10 heavy (non-hydrogen) atoms. The topological polar surface area (TPSA) is 82.3 Å². The van der Waals surface area contributed by atoms with Crippen molar-refractivity contribution in [3.8, 4) is 0 Å². The Kier molecular flexibility index (Phi) is 1.91. The molecule has 1 aliphatic rings. The largest absolute Gasteiger partial charge is 0.389 e. The van der Waals surface area contributed by atoms with Crippen LogP contribution in [0.25, 0.3) is 0 Å². The van der Waals surface area contributed by atoms with Crippen LogP contribution in [0.3, 0.4) is 0 Å². The van der Waals surface area contributed by atoms with Gasteiger partial charge in [-0.15, -0.1) is 4.91 Å². The van der Waals surface area contributed by atoms with Crippen LogP contribution in [0.5, 0.6) is 0 Å². The Bertz CT molecular complexity index is 151. The van der Waals surface area contributed by atoms with E-state index in [0.29, 0.717) is 0 Å². The summed E-state index contributed by atoms with van der Waals surface area (Å²) in [4.78, 5) is 19.7. The van der Waals surface area contributed by atoms with Crippen LogP contribution in [0.2, 0.25) is 0 Å². The highest BCUT2D eigenvalue weighted by atomic mass is 16.3. The summed E-state index contributed by atoms with van der Waals surface area (Å²) in [6.07, 6.45) is -0.838. The zero-order chi connectivity index (χ0) is 7.56. The highest BCUT2D eigenvalue weighted by molar-refractivity contribution is 4.86. The molecule has 0 spiro atoms. The number of aliphatic hydroxyl groups is 1. The number of hydrogen-bond donors (Lipinski definition) is 1. The molecule has 2 unspecified atom stereocenters. The number of rotatable bonds is 2. The quantitative estimate of drug-likeness (QED) is 0.530. The first-order valence-corrected chi connectivity index (χ1v) is 2.86. The van der Waals surface area contributed by atoms with Gasteiger partial charge < -0.3 is 5.11 Å². The molecule has 0 aromatic heterocycles. The van der Waals surface area contributed by atoms with E-state index in [1.807, 2.05) is 0 Å². The molecule has 0 amide bonds. The van der Waals surface area contributed by atoms with Gasteiger partial charge in [0.15, 0.2) is 0 Å². The van der Waals surface area contributed by atoms with E-state index in [2.05, 4.69) is 10.5 Å². The van der Waals surface area contributed by atoms with Crippen LogP contribution < -0.4 is 0 Å². The first-order valence-electron chi connectivity index (χ1n) is 2.86. The summed E-state index contributed by atoms with van der Waals surface area (Å²) in [5, 5.41) is 15.2. The molecule has 6 heteroatoms. The molecule has 6 nitrogen and oxygen atoms in total. The normalized spacial score (nSPS) is 32.3. The lowest BCUT2D eigenvalue weighted by atomic mass is 10.2. The van der Waals surface area contributed by atoms with Gasteiger partial charge >= 0.3 is 0 Å². The summed E-state index contributed by atoms with van der Waals surface area (Å²) in [6, 6.07) is -0.697. The molecule has 0 bridgehead atoms.